The van der Waals surface area contributed by atoms with Crippen LogP contribution in [0.3, 0.4) is 0 Å². The second kappa shape index (κ2) is 5.09. The van der Waals surface area contributed by atoms with Crippen LogP contribution in [0, 0.1) is 5.82 Å². The van der Waals surface area contributed by atoms with E-state index in [0.717, 1.165) is 0 Å². The number of rotatable bonds is 3. The van der Waals surface area contributed by atoms with Crippen molar-refractivity contribution in [1.82, 2.24) is 9.97 Å². The SMILES string of the molecule is CNc1cncc(Oc2ccc(Br)c(F)c2)n1. The predicted octanol–water partition coefficient (Wildman–Crippen LogP) is 3.21. The Kier molecular flexibility index (Phi) is 3.53. The van der Waals surface area contributed by atoms with E-state index < -0.39 is 0 Å². The van der Waals surface area contributed by atoms with Crippen molar-refractivity contribution in [2.75, 3.05) is 12.4 Å². The number of anilines is 1. The van der Waals surface area contributed by atoms with Gasteiger partial charge in [-0.2, -0.15) is 4.98 Å². The van der Waals surface area contributed by atoms with Gasteiger partial charge in [0.05, 0.1) is 16.9 Å². The van der Waals surface area contributed by atoms with Crippen molar-refractivity contribution in [3.8, 4) is 11.6 Å². The summed E-state index contributed by atoms with van der Waals surface area (Å²) in [6, 6.07) is 4.48. The highest BCUT2D eigenvalue weighted by Crippen LogP contribution is 2.24. The molecule has 88 valence electrons. The van der Waals surface area contributed by atoms with Crippen molar-refractivity contribution >= 4 is 21.7 Å². The molecule has 0 fully saturated rings. The first-order chi connectivity index (χ1) is 8.19. The highest BCUT2D eigenvalue weighted by molar-refractivity contribution is 9.10. The van der Waals surface area contributed by atoms with E-state index in [4.69, 9.17) is 4.74 Å². The standard InChI is InChI=1S/C11H9BrFN3O/c1-14-10-5-15-6-11(16-10)17-7-2-3-8(12)9(13)4-7/h2-6H,1H3,(H,14,16). The van der Waals surface area contributed by atoms with E-state index in [1.165, 1.54) is 12.3 Å². The van der Waals surface area contributed by atoms with Crippen LogP contribution in [0.2, 0.25) is 0 Å². The Morgan fingerprint density at radius 1 is 1.35 bits per heavy atom. The lowest BCUT2D eigenvalue weighted by Crippen LogP contribution is -1.96. The van der Waals surface area contributed by atoms with Gasteiger partial charge in [0.2, 0.25) is 5.88 Å². The molecule has 2 aromatic rings. The number of nitrogens with one attached hydrogen (secondary N) is 1. The molecule has 0 aliphatic heterocycles. The quantitative estimate of drug-likeness (QED) is 0.945. The van der Waals surface area contributed by atoms with Crippen molar-refractivity contribution in [2.45, 2.75) is 0 Å². The fourth-order valence-electron chi connectivity index (χ4n) is 1.18. The molecule has 0 spiro atoms. The van der Waals surface area contributed by atoms with Gasteiger partial charge in [0.1, 0.15) is 17.4 Å². The second-order valence-electron chi connectivity index (χ2n) is 3.17. The third-order valence-corrected chi connectivity index (χ3v) is 2.63. The highest BCUT2D eigenvalue weighted by Gasteiger charge is 2.04. The first kappa shape index (κ1) is 11.8. The van der Waals surface area contributed by atoms with Gasteiger partial charge in [-0.25, -0.2) is 4.39 Å². The molecular formula is C11H9BrFN3O. The fourth-order valence-corrected chi connectivity index (χ4v) is 1.43. The van der Waals surface area contributed by atoms with Crippen LogP contribution in [0.15, 0.2) is 35.1 Å². The smallest absolute Gasteiger partial charge is 0.239 e. The zero-order chi connectivity index (χ0) is 12.3. The molecule has 0 aliphatic rings. The van der Waals surface area contributed by atoms with E-state index in [9.17, 15) is 4.39 Å². The number of hydrogen-bond donors (Lipinski definition) is 1. The summed E-state index contributed by atoms with van der Waals surface area (Å²) in [5.41, 5.74) is 0. The summed E-state index contributed by atoms with van der Waals surface area (Å²) < 4.78 is 19.0. The van der Waals surface area contributed by atoms with E-state index in [1.807, 2.05) is 0 Å². The van der Waals surface area contributed by atoms with Crippen LogP contribution >= 0.6 is 15.9 Å². The summed E-state index contributed by atoms with van der Waals surface area (Å²) in [4.78, 5) is 8.05. The molecule has 0 unspecified atom stereocenters. The normalized spacial score (nSPS) is 10.1. The summed E-state index contributed by atoms with van der Waals surface area (Å²) in [6.07, 6.45) is 3.02. The van der Waals surface area contributed by atoms with Gasteiger partial charge < -0.3 is 10.1 Å². The first-order valence-corrected chi connectivity index (χ1v) is 5.61. The van der Waals surface area contributed by atoms with Gasteiger partial charge in [0.15, 0.2) is 0 Å². The van der Waals surface area contributed by atoms with E-state index in [1.54, 1.807) is 25.4 Å². The molecule has 6 heteroatoms. The minimum atomic E-state index is -0.389. The van der Waals surface area contributed by atoms with Gasteiger partial charge in [0.25, 0.3) is 0 Å². The molecule has 4 nitrogen and oxygen atoms in total. The molecule has 0 bridgehead atoms. The molecule has 0 aliphatic carbocycles. The van der Waals surface area contributed by atoms with E-state index >= 15 is 0 Å². The van der Waals surface area contributed by atoms with Crippen LogP contribution in [-0.2, 0) is 0 Å². The number of ether oxygens (including phenoxy) is 1. The molecule has 2 rings (SSSR count). The second-order valence-corrected chi connectivity index (χ2v) is 4.02. The summed E-state index contributed by atoms with van der Waals surface area (Å²) in [5, 5.41) is 2.84. The lowest BCUT2D eigenvalue weighted by molar-refractivity contribution is 0.456. The maximum absolute atomic E-state index is 13.3. The molecule has 0 saturated heterocycles. The van der Waals surface area contributed by atoms with Crippen molar-refractivity contribution in [1.29, 1.82) is 0 Å². The third kappa shape index (κ3) is 2.91. The maximum atomic E-state index is 13.3. The van der Waals surface area contributed by atoms with E-state index in [0.29, 0.717) is 21.9 Å². The Labute approximate surface area is 106 Å². The first-order valence-electron chi connectivity index (χ1n) is 4.82. The molecule has 1 aromatic heterocycles. The number of hydrogen-bond acceptors (Lipinski definition) is 4. The summed E-state index contributed by atoms with van der Waals surface area (Å²) in [7, 11) is 1.73. The monoisotopic (exact) mass is 297 g/mol. The van der Waals surface area contributed by atoms with Crippen LogP contribution in [0.1, 0.15) is 0 Å². The van der Waals surface area contributed by atoms with Crippen molar-refractivity contribution < 1.29 is 9.13 Å². The van der Waals surface area contributed by atoms with Gasteiger partial charge in [-0.15, -0.1) is 0 Å². The van der Waals surface area contributed by atoms with Crippen LogP contribution in [0.25, 0.3) is 0 Å². The Morgan fingerprint density at radius 2 is 2.18 bits per heavy atom. The lowest BCUT2D eigenvalue weighted by Gasteiger charge is -2.06. The number of benzene rings is 1. The Balaban J connectivity index is 2.22. The molecular weight excluding hydrogens is 289 g/mol. The van der Waals surface area contributed by atoms with Gasteiger partial charge in [-0.1, -0.05) is 0 Å². The minimum Gasteiger partial charge on any atom is -0.437 e. The molecule has 0 amide bonds. The van der Waals surface area contributed by atoms with Crippen LogP contribution in [0.5, 0.6) is 11.6 Å². The molecule has 1 aromatic carbocycles. The van der Waals surface area contributed by atoms with Crippen LogP contribution in [-0.4, -0.2) is 17.0 Å². The number of halogens is 2. The fraction of sp³-hybridized carbons (Fsp3) is 0.0909. The Hall–Kier alpha value is -1.69. The lowest BCUT2D eigenvalue weighted by atomic mass is 10.3. The Morgan fingerprint density at radius 3 is 2.88 bits per heavy atom. The highest BCUT2D eigenvalue weighted by atomic mass is 79.9. The number of nitrogens with zero attached hydrogens (tertiary/aromatic N) is 2. The predicted molar refractivity (Wildman–Crippen MR) is 65.8 cm³/mol. The van der Waals surface area contributed by atoms with Gasteiger partial charge >= 0.3 is 0 Å². The topological polar surface area (TPSA) is 47.0 Å². The Bertz CT molecular complexity index is 536. The zero-order valence-corrected chi connectivity index (χ0v) is 10.5. The summed E-state index contributed by atoms with van der Waals surface area (Å²) in [5.74, 6) is 0.868. The average molecular weight is 298 g/mol. The third-order valence-electron chi connectivity index (χ3n) is 1.98. The molecule has 0 atom stereocenters. The van der Waals surface area contributed by atoms with Crippen molar-refractivity contribution in [3.05, 3.63) is 40.9 Å². The van der Waals surface area contributed by atoms with Crippen molar-refractivity contribution in [2.24, 2.45) is 0 Å². The minimum absolute atomic E-state index is 0.304. The van der Waals surface area contributed by atoms with E-state index in [2.05, 4.69) is 31.2 Å². The van der Waals surface area contributed by atoms with Crippen molar-refractivity contribution in [3.63, 3.8) is 0 Å². The average Bonchev–Trinajstić information content (AvgIpc) is 2.34. The van der Waals surface area contributed by atoms with Crippen LogP contribution < -0.4 is 10.1 Å². The van der Waals surface area contributed by atoms with E-state index in [-0.39, 0.29) is 5.82 Å². The largest absolute Gasteiger partial charge is 0.437 e. The molecule has 17 heavy (non-hydrogen) atoms. The molecule has 1 heterocycles. The number of aromatic nitrogens is 2. The zero-order valence-electron chi connectivity index (χ0n) is 8.95. The summed E-state index contributed by atoms with van der Waals surface area (Å²) in [6.45, 7) is 0. The summed E-state index contributed by atoms with van der Waals surface area (Å²) >= 11 is 3.07. The molecule has 0 saturated carbocycles. The van der Waals surface area contributed by atoms with Gasteiger partial charge in [0, 0.05) is 13.1 Å². The molecule has 1 N–H and O–H groups in total. The maximum Gasteiger partial charge on any atom is 0.239 e. The molecule has 0 radical (unpaired) electrons. The van der Waals surface area contributed by atoms with Gasteiger partial charge in [-0.05, 0) is 28.1 Å². The van der Waals surface area contributed by atoms with Gasteiger partial charge in [-0.3, -0.25) is 4.98 Å². The van der Waals surface area contributed by atoms with Crippen LogP contribution in [0.4, 0.5) is 10.2 Å².